The number of hydrogen-bond acceptors (Lipinski definition) is 5. The zero-order valence-electron chi connectivity index (χ0n) is 16.8. The number of aliphatic hydroxyl groups excluding tert-OH is 1. The molecule has 1 aliphatic carbocycles. The molecule has 1 aliphatic rings. The van der Waals surface area contributed by atoms with Crippen molar-refractivity contribution >= 4 is 11.8 Å². The van der Waals surface area contributed by atoms with Crippen molar-refractivity contribution in [3.63, 3.8) is 0 Å². The van der Waals surface area contributed by atoms with E-state index in [0.29, 0.717) is 12.8 Å². The second-order valence-corrected chi connectivity index (χ2v) is 7.41. The fraction of sp³-hybridized carbons (Fsp3) is 0.682. The first-order valence-electron chi connectivity index (χ1n) is 9.93. The van der Waals surface area contributed by atoms with Gasteiger partial charge < -0.3 is 14.9 Å². The minimum Gasteiger partial charge on any atom is -0.467 e. The minimum atomic E-state index is -2.03. The van der Waals surface area contributed by atoms with Crippen molar-refractivity contribution in [1.29, 1.82) is 0 Å². The molecule has 2 unspecified atom stereocenters. The van der Waals surface area contributed by atoms with Gasteiger partial charge in [-0.3, -0.25) is 4.79 Å². The van der Waals surface area contributed by atoms with Gasteiger partial charge in [0.2, 0.25) is 0 Å². The molecule has 4 atom stereocenters. The third-order valence-corrected chi connectivity index (χ3v) is 5.18. The van der Waals surface area contributed by atoms with Gasteiger partial charge in [-0.2, -0.15) is 0 Å². The van der Waals surface area contributed by atoms with Gasteiger partial charge in [-0.15, -0.1) is 5.73 Å². The lowest BCUT2D eigenvalue weighted by molar-refractivity contribution is -0.168. The van der Waals surface area contributed by atoms with Crippen molar-refractivity contribution in [2.24, 2.45) is 11.8 Å². The molecule has 152 valence electrons. The number of carbonyl (C=O) groups is 2. The number of methoxy groups -OCH3 is 1. The van der Waals surface area contributed by atoms with Crippen LogP contribution >= 0.6 is 0 Å². The maximum atomic E-state index is 12.1. The summed E-state index contributed by atoms with van der Waals surface area (Å²) < 4.78 is 4.46. The van der Waals surface area contributed by atoms with E-state index in [1.165, 1.54) is 38.7 Å². The van der Waals surface area contributed by atoms with E-state index < -0.39 is 17.7 Å². The quantitative estimate of drug-likeness (QED) is 0.249. The van der Waals surface area contributed by atoms with E-state index in [1.807, 2.05) is 0 Å². The van der Waals surface area contributed by atoms with E-state index in [0.717, 1.165) is 20.0 Å². The number of allylic oxidation sites excluding steroid dienone is 2. The summed E-state index contributed by atoms with van der Waals surface area (Å²) in [5.74, 6) is -0.458. The number of aliphatic hydroxyl groups is 2. The van der Waals surface area contributed by atoms with Crippen molar-refractivity contribution in [1.82, 2.24) is 0 Å². The van der Waals surface area contributed by atoms with Gasteiger partial charge in [-0.1, -0.05) is 38.3 Å². The molecule has 0 bridgehead atoms. The third-order valence-electron chi connectivity index (χ3n) is 5.18. The Bertz CT molecular complexity index is 569. The topological polar surface area (TPSA) is 83.8 Å². The number of Topliss-reactive ketones (excluding diaryl/α,β-unsaturated/α-hetero) is 1. The Balaban J connectivity index is 2.57. The van der Waals surface area contributed by atoms with Gasteiger partial charge in [-0.05, 0) is 50.7 Å². The van der Waals surface area contributed by atoms with Crippen molar-refractivity contribution in [2.75, 3.05) is 7.11 Å². The van der Waals surface area contributed by atoms with E-state index in [9.17, 15) is 19.8 Å². The zero-order chi connectivity index (χ0) is 20.3. The van der Waals surface area contributed by atoms with Crippen LogP contribution in [0.15, 0.2) is 30.0 Å². The second-order valence-electron chi connectivity index (χ2n) is 7.41. The molecule has 1 saturated carbocycles. The van der Waals surface area contributed by atoms with Gasteiger partial charge >= 0.3 is 5.97 Å². The Kier molecular flexibility index (Phi) is 10.3. The first kappa shape index (κ1) is 23.4. The van der Waals surface area contributed by atoms with E-state index in [1.54, 1.807) is 6.08 Å². The maximum Gasteiger partial charge on any atom is 0.340 e. The van der Waals surface area contributed by atoms with E-state index >= 15 is 0 Å². The fourth-order valence-electron chi connectivity index (χ4n) is 3.27. The van der Waals surface area contributed by atoms with E-state index in [4.69, 9.17) is 0 Å². The van der Waals surface area contributed by atoms with Gasteiger partial charge in [0.15, 0.2) is 5.60 Å². The predicted octanol–water partition coefficient (Wildman–Crippen LogP) is 3.49. The molecule has 0 aromatic carbocycles. The molecule has 5 heteroatoms. The number of ketones is 1. The Labute approximate surface area is 162 Å². The molecule has 0 aliphatic heterocycles. The normalized spacial score (nSPS) is 22.9. The number of unbranched alkanes of at least 4 members (excludes halogenated alkanes) is 4. The van der Waals surface area contributed by atoms with Gasteiger partial charge in [0.1, 0.15) is 11.9 Å². The highest BCUT2D eigenvalue weighted by atomic mass is 16.5. The van der Waals surface area contributed by atoms with Crippen molar-refractivity contribution < 1.29 is 24.5 Å². The summed E-state index contributed by atoms with van der Waals surface area (Å²) in [4.78, 5) is 23.6. The monoisotopic (exact) mass is 378 g/mol. The molecule has 0 aromatic rings. The highest BCUT2D eigenvalue weighted by Gasteiger charge is 2.38. The van der Waals surface area contributed by atoms with Crippen molar-refractivity contribution in [2.45, 2.75) is 76.9 Å². The van der Waals surface area contributed by atoms with Crippen LogP contribution in [0.25, 0.3) is 0 Å². The van der Waals surface area contributed by atoms with Crippen LogP contribution in [0.5, 0.6) is 0 Å². The Morgan fingerprint density at radius 2 is 2.15 bits per heavy atom. The second kappa shape index (κ2) is 11.9. The molecular weight excluding hydrogens is 344 g/mol. The fourth-order valence-corrected chi connectivity index (χ4v) is 3.27. The first-order chi connectivity index (χ1) is 12.8. The SMILES string of the molecule is CCCCCCC=C[C@H]1CCC(=O)[C@@H]1CC=C=CC(O)C(C)(O)C(=O)OC. The summed E-state index contributed by atoms with van der Waals surface area (Å²) in [6.45, 7) is 3.38. The average molecular weight is 379 g/mol. The van der Waals surface area contributed by atoms with E-state index in [-0.39, 0.29) is 17.6 Å². The molecule has 2 N–H and O–H groups in total. The summed E-state index contributed by atoms with van der Waals surface area (Å²) in [6.07, 6.45) is 13.9. The number of esters is 1. The lowest BCUT2D eigenvalue weighted by Gasteiger charge is -2.22. The minimum absolute atomic E-state index is 0.0592. The van der Waals surface area contributed by atoms with Gasteiger partial charge in [0.05, 0.1) is 7.11 Å². The largest absolute Gasteiger partial charge is 0.467 e. The molecule has 0 saturated heterocycles. The lowest BCUT2D eigenvalue weighted by atomic mass is 9.91. The van der Waals surface area contributed by atoms with Crippen LogP contribution in [0.2, 0.25) is 0 Å². The molecule has 27 heavy (non-hydrogen) atoms. The predicted molar refractivity (Wildman–Crippen MR) is 105 cm³/mol. The average Bonchev–Trinajstić information content (AvgIpc) is 3.00. The van der Waals surface area contributed by atoms with Crippen LogP contribution < -0.4 is 0 Å². The molecule has 1 fully saturated rings. The summed E-state index contributed by atoms with van der Waals surface area (Å²) >= 11 is 0. The Morgan fingerprint density at radius 1 is 1.41 bits per heavy atom. The van der Waals surface area contributed by atoms with Crippen LogP contribution in [0, 0.1) is 11.8 Å². The number of ether oxygens (including phenoxy) is 1. The van der Waals surface area contributed by atoms with Crippen molar-refractivity contribution in [3.8, 4) is 0 Å². The lowest BCUT2D eigenvalue weighted by Crippen LogP contribution is -2.46. The smallest absolute Gasteiger partial charge is 0.340 e. The summed E-state index contributed by atoms with van der Waals surface area (Å²) in [6, 6.07) is 0. The molecule has 0 radical (unpaired) electrons. The molecule has 0 aromatic heterocycles. The van der Waals surface area contributed by atoms with Crippen LogP contribution in [0.4, 0.5) is 0 Å². The number of carbonyl (C=O) groups excluding carboxylic acids is 2. The summed E-state index contributed by atoms with van der Waals surface area (Å²) in [5, 5.41) is 19.9. The van der Waals surface area contributed by atoms with Crippen LogP contribution in [-0.4, -0.2) is 40.8 Å². The van der Waals surface area contributed by atoms with Crippen LogP contribution in [-0.2, 0) is 14.3 Å². The highest BCUT2D eigenvalue weighted by Crippen LogP contribution is 2.32. The molecule has 0 amide bonds. The summed E-state index contributed by atoms with van der Waals surface area (Å²) in [7, 11) is 1.15. The van der Waals surface area contributed by atoms with Crippen LogP contribution in [0.3, 0.4) is 0 Å². The molecule has 1 rings (SSSR count). The molecule has 0 spiro atoms. The molecule has 5 nitrogen and oxygen atoms in total. The van der Waals surface area contributed by atoms with E-state index in [2.05, 4.69) is 29.5 Å². The van der Waals surface area contributed by atoms with Gasteiger partial charge in [0, 0.05) is 12.3 Å². The molecular formula is C22H34O5. The molecule has 0 heterocycles. The Morgan fingerprint density at radius 3 is 2.81 bits per heavy atom. The standard InChI is InChI=1S/C22H34O5/c1-4-5-6-7-8-9-12-17-15-16-19(23)18(17)13-10-11-14-20(24)22(2,26)21(25)27-3/h9-10,12,14,17-18,20,24,26H,4-8,13,15-16H2,1-3H3/t11?,17-,18+,20?,22?/m0/s1. The van der Waals surface area contributed by atoms with Crippen LogP contribution in [0.1, 0.15) is 65.2 Å². The zero-order valence-corrected chi connectivity index (χ0v) is 16.8. The number of hydrogen-bond donors (Lipinski definition) is 2. The maximum absolute atomic E-state index is 12.1. The van der Waals surface area contributed by atoms with Crippen molar-refractivity contribution in [3.05, 3.63) is 30.0 Å². The van der Waals surface area contributed by atoms with Gasteiger partial charge in [0.25, 0.3) is 0 Å². The summed E-state index contributed by atoms with van der Waals surface area (Å²) in [5.41, 5.74) is 0.759. The van der Waals surface area contributed by atoms with Gasteiger partial charge in [-0.25, -0.2) is 4.79 Å². The highest BCUT2D eigenvalue weighted by molar-refractivity contribution is 5.84. The third kappa shape index (κ3) is 7.45. The Hall–Kier alpha value is -1.68. The number of rotatable bonds is 11. The first-order valence-corrected chi connectivity index (χ1v) is 9.93.